The fourth-order valence-corrected chi connectivity index (χ4v) is 1.07. The predicted octanol–water partition coefficient (Wildman–Crippen LogP) is 2.18. The zero-order valence-electron chi connectivity index (χ0n) is 5.43. The Morgan fingerprint density at radius 3 is 2.67 bits per heavy atom. The van der Waals surface area contributed by atoms with E-state index in [1.807, 2.05) is 0 Å². The maximum absolute atomic E-state index is 3.45. The van der Waals surface area contributed by atoms with Crippen molar-refractivity contribution in [3.63, 3.8) is 0 Å². The van der Waals surface area contributed by atoms with Gasteiger partial charge in [-0.15, -0.1) is 17.0 Å². The first-order valence-electron chi connectivity index (χ1n) is 2.82. The van der Waals surface area contributed by atoms with Crippen LogP contribution in [-0.2, 0) is 0 Å². The molecule has 0 N–H and O–H groups in total. The molecule has 54 valence electrons. The van der Waals surface area contributed by atoms with Crippen molar-refractivity contribution in [1.29, 1.82) is 0 Å². The summed E-state index contributed by atoms with van der Waals surface area (Å²) in [4.78, 5) is 2.30. The summed E-state index contributed by atoms with van der Waals surface area (Å²) in [5.41, 5.74) is 0. The van der Waals surface area contributed by atoms with Gasteiger partial charge in [-0.25, -0.2) is 0 Å². The zero-order chi connectivity index (χ0) is 5.98. The van der Waals surface area contributed by atoms with Crippen molar-refractivity contribution >= 4 is 32.9 Å². The van der Waals surface area contributed by atoms with Gasteiger partial charge in [-0.1, -0.05) is 22.0 Å². The van der Waals surface area contributed by atoms with Crippen LogP contribution in [0.25, 0.3) is 0 Å². The molecular weight excluding hydrogens is 246 g/mol. The molecule has 0 aromatic carbocycles. The van der Waals surface area contributed by atoms with E-state index in [-0.39, 0.29) is 17.0 Å². The second-order valence-corrected chi connectivity index (χ2v) is 3.18. The summed E-state index contributed by atoms with van der Waals surface area (Å²) in [6.07, 6.45) is 3.39. The van der Waals surface area contributed by atoms with Gasteiger partial charge >= 0.3 is 0 Å². The highest BCUT2D eigenvalue weighted by Gasteiger charge is 2.02. The monoisotopic (exact) mass is 255 g/mol. The topological polar surface area (TPSA) is 3.24 Å². The maximum atomic E-state index is 3.45. The average Bonchev–Trinajstić information content (AvgIpc) is 1.77. The van der Waals surface area contributed by atoms with Crippen molar-refractivity contribution in [2.75, 3.05) is 20.1 Å². The third-order valence-corrected chi connectivity index (χ3v) is 2.08. The smallest absolute Gasteiger partial charge is 0.0171 e. The van der Waals surface area contributed by atoms with Crippen LogP contribution >= 0.6 is 32.9 Å². The summed E-state index contributed by atoms with van der Waals surface area (Å²) in [5, 5.41) is 0. The van der Waals surface area contributed by atoms with Gasteiger partial charge in [-0.2, -0.15) is 0 Å². The Morgan fingerprint density at radius 2 is 2.33 bits per heavy atom. The summed E-state index contributed by atoms with van der Waals surface area (Å²) in [5.74, 6) is 0. The molecule has 0 bridgehead atoms. The molecule has 1 aliphatic heterocycles. The number of rotatable bonds is 0. The van der Waals surface area contributed by atoms with Crippen molar-refractivity contribution in [3.8, 4) is 0 Å². The number of likely N-dealkylation sites (N-methyl/N-ethyl adjacent to an activating group) is 1. The third kappa shape index (κ3) is 3.38. The number of halogens is 2. The molecule has 0 saturated heterocycles. The van der Waals surface area contributed by atoms with Crippen LogP contribution < -0.4 is 0 Å². The quantitative estimate of drug-likeness (QED) is 0.642. The first-order valence-corrected chi connectivity index (χ1v) is 3.61. The molecule has 1 rings (SSSR count). The van der Waals surface area contributed by atoms with E-state index in [1.165, 1.54) is 17.4 Å². The number of hydrogen-bond acceptors (Lipinski definition) is 1. The number of hydrogen-bond donors (Lipinski definition) is 0. The van der Waals surface area contributed by atoms with Crippen LogP contribution in [0.3, 0.4) is 0 Å². The lowest BCUT2D eigenvalue weighted by Crippen LogP contribution is -2.22. The lowest BCUT2D eigenvalue weighted by Gasteiger charge is -2.18. The molecule has 0 aliphatic carbocycles. The van der Waals surface area contributed by atoms with Gasteiger partial charge in [0.1, 0.15) is 0 Å². The lowest BCUT2D eigenvalue weighted by atomic mass is 10.3. The molecule has 1 aliphatic rings. The number of nitrogens with zero attached hydrogens (tertiary/aromatic N) is 1. The molecule has 0 fully saturated rings. The van der Waals surface area contributed by atoms with Crippen LogP contribution in [0.5, 0.6) is 0 Å². The maximum Gasteiger partial charge on any atom is 0.0171 e. The summed E-state index contributed by atoms with van der Waals surface area (Å²) in [6, 6.07) is 0. The van der Waals surface area contributed by atoms with Gasteiger partial charge in [-0.05, 0) is 18.0 Å². The summed E-state index contributed by atoms with van der Waals surface area (Å²) in [6.45, 7) is 2.29. The van der Waals surface area contributed by atoms with E-state index in [2.05, 4.69) is 34.0 Å². The Kier molecular flexibility index (Phi) is 4.80. The van der Waals surface area contributed by atoms with Gasteiger partial charge in [0.15, 0.2) is 0 Å². The van der Waals surface area contributed by atoms with E-state index in [0.29, 0.717) is 0 Å². The molecular formula is C6H11Br2N. The van der Waals surface area contributed by atoms with E-state index in [0.717, 1.165) is 6.54 Å². The van der Waals surface area contributed by atoms with Crippen molar-refractivity contribution in [2.24, 2.45) is 0 Å². The van der Waals surface area contributed by atoms with E-state index < -0.39 is 0 Å². The molecule has 1 nitrogen and oxygen atoms in total. The first kappa shape index (κ1) is 9.66. The Balaban J connectivity index is 0.000000640. The second-order valence-electron chi connectivity index (χ2n) is 2.16. The minimum Gasteiger partial charge on any atom is -0.302 e. The second kappa shape index (κ2) is 4.47. The van der Waals surface area contributed by atoms with Gasteiger partial charge < -0.3 is 4.90 Å². The average molecular weight is 257 g/mol. The Labute approximate surface area is 75.0 Å². The van der Waals surface area contributed by atoms with Crippen LogP contribution in [0.2, 0.25) is 0 Å². The van der Waals surface area contributed by atoms with Crippen molar-refractivity contribution < 1.29 is 0 Å². The Hall–Kier alpha value is 0.660. The van der Waals surface area contributed by atoms with Gasteiger partial charge in [0.05, 0.1) is 0 Å². The highest BCUT2D eigenvalue weighted by atomic mass is 79.9. The molecule has 0 amide bonds. The zero-order valence-corrected chi connectivity index (χ0v) is 8.73. The molecule has 0 aromatic heterocycles. The van der Waals surface area contributed by atoms with E-state index in [4.69, 9.17) is 0 Å². The van der Waals surface area contributed by atoms with Crippen LogP contribution in [0.15, 0.2) is 10.6 Å². The fourth-order valence-electron chi connectivity index (χ4n) is 0.746. The fraction of sp³-hybridized carbons (Fsp3) is 0.667. The third-order valence-electron chi connectivity index (χ3n) is 1.36. The molecule has 0 unspecified atom stereocenters. The Morgan fingerprint density at radius 1 is 1.67 bits per heavy atom. The minimum atomic E-state index is 0. The van der Waals surface area contributed by atoms with Gasteiger partial charge in [-0.3, -0.25) is 0 Å². The molecule has 3 heteroatoms. The Bertz CT molecular complexity index is 112. The van der Waals surface area contributed by atoms with Crippen LogP contribution in [0, 0.1) is 0 Å². The van der Waals surface area contributed by atoms with E-state index in [9.17, 15) is 0 Å². The molecule has 9 heavy (non-hydrogen) atoms. The van der Waals surface area contributed by atoms with Gasteiger partial charge in [0.25, 0.3) is 0 Å². The van der Waals surface area contributed by atoms with E-state index in [1.54, 1.807) is 0 Å². The molecule has 0 atom stereocenters. The van der Waals surface area contributed by atoms with Crippen molar-refractivity contribution in [3.05, 3.63) is 10.6 Å². The van der Waals surface area contributed by atoms with E-state index >= 15 is 0 Å². The van der Waals surface area contributed by atoms with Crippen molar-refractivity contribution in [2.45, 2.75) is 6.42 Å². The summed E-state index contributed by atoms with van der Waals surface area (Å²) in [7, 11) is 2.13. The summed E-state index contributed by atoms with van der Waals surface area (Å²) >= 11 is 3.45. The molecule has 0 aromatic rings. The van der Waals surface area contributed by atoms with Crippen molar-refractivity contribution in [1.82, 2.24) is 4.90 Å². The standard InChI is InChI=1S/C6H10BrN.BrH/c1-8-4-2-6(7)3-5-8;/h2H,3-5H2,1H3;1H. The minimum absolute atomic E-state index is 0. The highest BCUT2D eigenvalue weighted by Crippen LogP contribution is 2.14. The lowest BCUT2D eigenvalue weighted by molar-refractivity contribution is 0.364. The van der Waals surface area contributed by atoms with Gasteiger partial charge in [0, 0.05) is 13.1 Å². The molecule has 0 saturated carbocycles. The van der Waals surface area contributed by atoms with Crippen LogP contribution in [0.4, 0.5) is 0 Å². The normalized spacial score (nSPS) is 20.4. The molecule has 1 heterocycles. The van der Waals surface area contributed by atoms with Gasteiger partial charge in [0.2, 0.25) is 0 Å². The molecule has 0 spiro atoms. The van der Waals surface area contributed by atoms with Crippen LogP contribution in [-0.4, -0.2) is 25.0 Å². The first-order chi connectivity index (χ1) is 3.79. The predicted molar refractivity (Wildman–Crippen MR) is 49.4 cm³/mol. The highest BCUT2D eigenvalue weighted by molar-refractivity contribution is 9.11. The SMILES string of the molecule is Br.CN1CC=C(Br)CC1. The summed E-state index contributed by atoms with van der Waals surface area (Å²) < 4.78 is 1.36. The molecule has 0 radical (unpaired) electrons. The van der Waals surface area contributed by atoms with Crippen LogP contribution in [0.1, 0.15) is 6.42 Å². The largest absolute Gasteiger partial charge is 0.302 e.